The van der Waals surface area contributed by atoms with E-state index in [-0.39, 0.29) is 17.6 Å². The molecule has 1 aromatic carbocycles. The van der Waals surface area contributed by atoms with Gasteiger partial charge in [-0.3, -0.25) is 9.89 Å². The Labute approximate surface area is 146 Å². The van der Waals surface area contributed by atoms with Crippen LogP contribution in [-0.2, 0) is 9.47 Å². The number of hydrogen-bond acceptors (Lipinski definition) is 5. The van der Waals surface area contributed by atoms with Gasteiger partial charge in [-0.05, 0) is 31.7 Å². The Balaban J connectivity index is 1.49. The number of ether oxygens (including phenoxy) is 2. The molecule has 2 aromatic rings. The molecule has 0 saturated carbocycles. The zero-order valence-electron chi connectivity index (χ0n) is 14.0. The van der Waals surface area contributed by atoms with Crippen LogP contribution in [0.1, 0.15) is 36.0 Å². The van der Waals surface area contributed by atoms with Gasteiger partial charge in [-0.25, -0.2) is 4.98 Å². The quantitative estimate of drug-likeness (QED) is 0.890. The van der Waals surface area contributed by atoms with Crippen molar-refractivity contribution < 1.29 is 14.3 Å². The van der Waals surface area contributed by atoms with Crippen molar-refractivity contribution in [3.8, 4) is 11.4 Å². The van der Waals surface area contributed by atoms with Crippen LogP contribution in [0, 0.1) is 0 Å². The number of aromatic nitrogens is 3. The summed E-state index contributed by atoms with van der Waals surface area (Å²) < 4.78 is 11.5. The SMILES string of the molecule is O=C(NC1CCOC2(CCOCC2)C1)c1ccccc1-c1ncn[nH]1. The van der Waals surface area contributed by atoms with Crippen molar-refractivity contribution in [2.24, 2.45) is 0 Å². The number of amides is 1. The van der Waals surface area contributed by atoms with Crippen LogP contribution >= 0.6 is 0 Å². The van der Waals surface area contributed by atoms with Crippen molar-refractivity contribution in [3.05, 3.63) is 36.2 Å². The van der Waals surface area contributed by atoms with Crippen molar-refractivity contribution in [2.45, 2.75) is 37.3 Å². The van der Waals surface area contributed by atoms with E-state index in [0.717, 1.165) is 44.5 Å². The summed E-state index contributed by atoms with van der Waals surface area (Å²) in [5.74, 6) is 0.514. The first kappa shape index (κ1) is 16.2. The molecule has 2 aliphatic rings. The Morgan fingerprint density at radius 2 is 2.08 bits per heavy atom. The van der Waals surface area contributed by atoms with E-state index in [1.165, 1.54) is 6.33 Å². The monoisotopic (exact) mass is 342 g/mol. The highest BCUT2D eigenvalue weighted by molar-refractivity contribution is 6.00. The maximum Gasteiger partial charge on any atom is 0.252 e. The topological polar surface area (TPSA) is 89.1 Å². The third kappa shape index (κ3) is 3.43. The minimum Gasteiger partial charge on any atom is -0.381 e. The average Bonchev–Trinajstić information content (AvgIpc) is 3.17. The van der Waals surface area contributed by atoms with Gasteiger partial charge in [0.25, 0.3) is 5.91 Å². The predicted octanol–water partition coefficient (Wildman–Crippen LogP) is 1.93. The summed E-state index contributed by atoms with van der Waals surface area (Å²) in [7, 11) is 0. The fourth-order valence-electron chi connectivity index (χ4n) is 3.73. The number of H-pyrrole nitrogens is 1. The lowest BCUT2D eigenvalue weighted by molar-refractivity contribution is -0.139. The molecule has 7 heteroatoms. The third-order valence-electron chi connectivity index (χ3n) is 5.07. The van der Waals surface area contributed by atoms with Gasteiger partial charge >= 0.3 is 0 Å². The molecule has 1 atom stereocenters. The molecule has 2 fully saturated rings. The molecule has 7 nitrogen and oxygen atoms in total. The minimum absolute atomic E-state index is 0.0823. The molecule has 4 rings (SSSR count). The van der Waals surface area contributed by atoms with Crippen LogP contribution in [0.2, 0.25) is 0 Å². The van der Waals surface area contributed by atoms with Crippen LogP contribution in [0.4, 0.5) is 0 Å². The molecule has 0 aliphatic carbocycles. The Hall–Kier alpha value is -2.25. The van der Waals surface area contributed by atoms with Gasteiger partial charge in [0.05, 0.1) is 11.2 Å². The van der Waals surface area contributed by atoms with E-state index in [2.05, 4.69) is 20.5 Å². The summed E-state index contributed by atoms with van der Waals surface area (Å²) in [4.78, 5) is 17.0. The number of hydrogen-bond donors (Lipinski definition) is 2. The van der Waals surface area contributed by atoms with Crippen LogP contribution in [0.5, 0.6) is 0 Å². The summed E-state index contributed by atoms with van der Waals surface area (Å²) in [5, 5.41) is 9.89. The van der Waals surface area contributed by atoms with Crippen LogP contribution in [0.25, 0.3) is 11.4 Å². The molecule has 1 spiro atoms. The molecular weight excluding hydrogens is 320 g/mol. The maximum absolute atomic E-state index is 12.9. The van der Waals surface area contributed by atoms with Gasteiger partial charge in [0, 0.05) is 31.4 Å². The minimum atomic E-state index is -0.140. The molecule has 1 unspecified atom stereocenters. The van der Waals surface area contributed by atoms with Gasteiger partial charge in [0.15, 0.2) is 5.82 Å². The van der Waals surface area contributed by atoms with Gasteiger partial charge in [0.2, 0.25) is 0 Å². The van der Waals surface area contributed by atoms with Gasteiger partial charge < -0.3 is 14.8 Å². The largest absolute Gasteiger partial charge is 0.381 e. The highest BCUT2D eigenvalue weighted by Gasteiger charge is 2.39. The second kappa shape index (κ2) is 6.93. The number of carbonyl (C=O) groups excluding carboxylic acids is 1. The third-order valence-corrected chi connectivity index (χ3v) is 5.07. The lowest BCUT2D eigenvalue weighted by Gasteiger charge is -2.43. The van der Waals surface area contributed by atoms with Crippen LogP contribution in [0.15, 0.2) is 30.6 Å². The van der Waals surface area contributed by atoms with Crippen molar-refractivity contribution in [3.63, 3.8) is 0 Å². The molecule has 0 bridgehead atoms. The molecule has 0 radical (unpaired) electrons. The van der Waals surface area contributed by atoms with Gasteiger partial charge in [-0.1, -0.05) is 18.2 Å². The highest BCUT2D eigenvalue weighted by Crippen LogP contribution is 2.34. The number of aromatic amines is 1. The number of benzene rings is 1. The smallest absolute Gasteiger partial charge is 0.252 e. The van der Waals surface area contributed by atoms with Crippen molar-refractivity contribution in [1.29, 1.82) is 0 Å². The first-order chi connectivity index (χ1) is 12.3. The van der Waals surface area contributed by atoms with E-state index in [1.54, 1.807) is 0 Å². The molecule has 2 aliphatic heterocycles. The number of nitrogens with one attached hydrogen (secondary N) is 2. The molecule has 2 N–H and O–H groups in total. The first-order valence-corrected chi connectivity index (χ1v) is 8.73. The van der Waals surface area contributed by atoms with E-state index < -0.39 is 0 Å². The molecule has 1 aromatic heterocycles. The Morgan fingerprint density at radius 3 is 2.88 bits per heavy atom. The number of rotatable bonds is 3. The Kier molecular flexibility index (Phi) is 4.50. The summed E-state index contributed by atoms with van der Waals surface area (Å²) >= 11 is 0. The predicted molar refractivity (Wildman–Crippen MR) is 91.0 cm³/mol. The normalized spacial score (nSPS) is 22.6. The van der Waals surface area contributed by atoms with Crippen molar-refractivity contribution in [1.82, 2.24) is 20.5 Å². The molecule has 132 valence electrons. The fraction of sp³-hybridized carbons (Fsp3) is 0.500. The number of nitrogens with zero attached hydrogens (tertiary/aromatic N) is 2. The standard InChI is InChI=1S/C18H22N4O3/c23-17(15-4-2-1-3-14(15)16-19-12-20-22-16)21-13-5-8-25-18(11-13)6-9-24-10-7-18/h1-4,12-13H,5-11H2,(H,21,23)(H,19,20,22). The van der Waals surface area contributed by atoms with Crippen molar-refractivity contribution in [2.75, 3.05) is 19.8 Å². The maximum atomic E-state index is 12.9. The van der Waals surface area contributed by atoms with E-state index in [0.29, 0.717) is 18.0 Å². The Morgan fingerprint density at radius 1 is 1.24 bits per heavy atom. The van der Waals surface area contributed by atoms with Gasteiger partial charge in [0.1, 0.15) is 6.33 Å². The van der Waals surface area contributed by atoms with E-state index in [1.807, 2.05) is 24.3 Å². The zero-order chi connectivity index (χ0) is 17.1. The van der Waals surface area contributed by atoms with E-state index >= 15 is 0 Å². The molecule has 25 heavy (non-hydrogen) atoms. The summed E-state index contributed by atoms with van der Waals surface area (Å²) in [6, 6.07) is 7.55. The molecule has 2 saturated heterocycles. The lowest BCUT2D eigenvalue weighted by atomic mass is 9.84. The van der Waals surface area contributed by atoms with E-state index in [9.17, 15) is 4.79 Å². The Bertz CT molecular complexity index is 720. The molecule has 1 amide bonds. The van der Waals surface area contributed by atoms with Crippen molar-refractivity contribution >= 4 is 5.91 Å². The van der Waals surface area contributed by atoms with E-state index in [4.69, 9.17) is 9.47 Å². The second-order valence-electron chi connectivity index (χ2n) is 6.69. The second-order valence-corrected chi connectivity index (χ2v) is 6.69. The van der Waals surface area contributed by atoms with Crippen LogP contribution < -0.4 is 5.32 Å². The van der Waals surface area contributed by atoms with Crippen LogP contribution in [0.3, 0.4) is 0 Å². The highest BCUT2D eigenvalue weighted by atomic mass is 16.5. The zero-order valence-corrected chi connectivity index (χ0v) is 14.0. The summed E-state index contributed by atoms with van der Waals surface area (Å²) in [5.41, 5.74) is 1.22. The molecule has 3 heterocycles. The molecular formula is C18H22N4O3. The summed E-state index contributed by atoms with van der Waals surface area (Å²) in [6.45, 7) is 2.14. The first-order valence-electron chi connectivity index (χ1n) is 8.73. The summed E-state index contributed by atoms with van der Waals surface area (Å²) in [6.07, 6.45) is 4.91. The number of carbonyl (C=O) groups is 1. The lowest BCUT2D eigenvalue weighted by Crippen LogP contribution is -2.51. The average molecular weight is 342 g/mol. The fourth-order valence-corrected chi connectivity index (χ4v) is 3.73. The van der Waals surface area contributed by atoms with Crippen LogP contribution in [-0.4, -0.2) is 52.6 Å². The van der Waals surface area contributed by atoms with Gasteiger partial charge in [-0.2, -0.15) is 5.10 Å². The van der Waals surface area contributed by atoms with Gasteiger partial charge in [-0.15, -0.1) is 0 Å².